The Kier molecular flexibility index (Phi) is 4.54. The van der Waals surface area contributed by atoms with E-state index in [9.17, 15) is 14.4 Å². The molecule has 1 aromatic rings. The molecule has 0 radical (unpaired) electrons. The molecular formula is C16H19N3O5. The molecule has 1 saturated heterocycles. The van der Waals surface area contributed by atoms with Gasteiger partial charge in [-0.25, -0.2) is 4.79 Å². The van der Waals surface area contributed by atoms with E-state index in [0.29, 0.717) is 37.6 Å². The zero-order valence-electron chi connectivity index (χ0n) is 13.3. The minimum Gasteiger partial charge on any atom is -0.493 e. The van der Waals surface area contributed by atoms with Crippen LogP contribution in [0.25, 0.3) is 0 Å². The van der Waals surface area contributed by atoms with Crippen molar-refractivity contribution in [1.29, 1.82) is 0 Å². The lowest BCUT2D eigenvalue weighted by Gasteiger charge is -2.28. The fourth-order valence-corrected chi connectivity index (χ4v) is 2.84. The predicted molar refractivity (Wildman–Crippen MR) is 83.6 cm³/mol. The maximum Gasteiger partial charge on any atom is 0.322 e. The summed E-state index contributed by atoms with van der Waals surface area (Å²) in [5.41, 5.74) is 0.849. The lowest BCUT2D eigenvalue weighted by Crippen LogP contribution is -2.39. The molecule has 128 valence electrons. The fourth-order valence-electron chi connectivity index (χ4n) is 2.84. The minimum absolute atomic E-state index is 0.0578. The van der Waals surface area contributed by atoms with Crippen LogP contribution >= 0.6 is 0 Å². The summed E-state index contributed by atoms with van der Waals surface area (Å²) in [6.45, 7) is 1.36. The average Bonchev–Trinajstić information content (AvgIpc) is 2.84. The molecule has 0 saturated carbocycles. The Bertz CT molecular complexity index is 676. The quantitative estimate of drug-likeness (QED) is 0.781. The van der Waals surface area contributed by atoms with Gasteiger partial charge in [0.25, 0.3) is 5.91 Å². The lowest BCUT2D eigenvalue weighted by molar-refractivity contribution is -0.134. The third-order valence-corrected chi connectivity index (χ3v) is 4.05. The van der Waals surface area contributed by atoms with Crippen LogP contribution in [-0.4, -0.2) is 49.0 Å². The number of hydrogen-bond donors (Lipinski definition) is 2. The van der Waals surface area contributed by atoms with Crippen molar-refractivity contribution in [3.05, 3.63) is 23.8 Å². The van der Waals surface area contributed by atoms with Gasteiger partial charge in [0.05, 0.1) is 20.1 Å². The van der Waals surface area contributed by atoms with Crippen molar-refractivity contribution in [2.45, 2.75) is 25.4 Å². The third kappa shape index (κ3) is 3.27. The van der Waals surface area contributed by atoms with Gasteiger partial charge in [-0.3, -0.25) is 14.9 Å². The second kappa shape index (κ2) is 6.77. The van der Waals surface area contributed by atoms with Crippen LogP contribution in [0.15, 0.2) is 18.2 Å². The number of imide groups is 1. The molecule has 3 rings (SSSR count). The molecule has 0 unspecified atom stereocenters. The van der Waals surface area contributed by atoms with Crippen LogP contribution in [-0.2, 0) is 16.1 Å². The summed E-state index contributed by atoms with van der Waals surface area (Å²) in [5, 5.41) is 4.58. The first-order chi connectivity index (χ1) is 11.6. The molecule has 0 bridgehead atoms. The van der Waals surface area contributed by atoms with Gasteiger partial charge in [-0.1, -0.05) is 12.1 Å². The van der Waals surface area contributed by atoms with Gasteiger partial charge in [0, 0.05) is 18.7 Å². The second-order valence-electron chi connectivity index (χ2n) is 5.69. The van der Waals surface area contributed by atoms with Crippen LogP contribution < -0.4 is 20.1 Å². The van der Waals surface area contributed by atoms with E-state index in [0.717, 1.165) is 5.56 Å². The second-order valence-corrected chi connectivity index (χ2v) is 5.69. The number of nitrogens with zero attached hydrogens (tertiary/aromatic N) is 1. The first-order valence-electron chi connectivity index (χ1n) is 7.76. The lowest BCUT2D eigenvalue weighted by atomic mass is 10.1. The Morgan fingerprint density at radius 3 is 2.96 bits per heavy atom. The molecule has 1 fully saturated rings. The maximum absolute atomic E-state index is 12.6. The number of amides is 4. The number of benzene rings is 1. The number of urea groups is 1. The standard InChI is InChI=1S/C16H19N3O5/c1-23-12-5-2-4-10-9-19(6-3-7-24-14(10)12)13(20)8-11-15(21)18-16(22)17-11/h2,4-5,11H,3,6-9H2,1H3,(H2,17,18,21,22)/t11-/m1/s1. The third-order valence-electron chi connectivity index (χ3n) is 4.05. The molecule has 1 aromatic carbocycles. The number of carbonyl (C=O) groups excluding carboxylic acids is 3. The molecule has 8 heteroatoms. The van der Waals surface area contributed by atoms with E-state index in [1.165, 1.54) is 0 Å². The monoisotopic (exact) mass is 333 g/mol. The van der Waals surface area contributed by atoms with Crippen LogP contribution in [0.5, 0.6) is 11.5 Å². The van der Waals surface area contributed by atoms with E-state index in [1.807, 2.05) is 18.2 Å². The summed E-state index contributed by atoms with van der Waals surface area (Å²) < 4.78 is 11.1. The first kappa shape index (κ1) is 16.1. The van der Waals surface area contributed by atoms with Gasteiger partial charge >= 0.3 is 6.03 Å². The molecule has 2 N–H and O–H groups in total. The Balaban J connectivity index is 1.75. The predicted octanol–water partition coefficient (Wildman–Crippen LogP) is 0.404. The van der Waals surface area contributed by atoms with Crippen molar-refractivity contribution in [3.63, 3.8) is 0 Å². The van der Waals surface area contributed by atoms with Crippen molar-refractivity contribution < 1.29 is 23.9 Å². The molecule has 24 heavy (non-hydrogen) atoms. The Morgan fingerprint density at radius 2 is 2.25 bits per heavy atom. The number of para-hydroxylation sites is 1. The zero-order valence-corrected chi connectivity index (χ0v) is 13.3. The van der Waals surface area contributed by atoms with Gasteiger partial charge in [-0.05, 0) is 12.5 Å². The first-order valence-corrected chi connectivity index (χ1v) is 7.76. The van der Waals surface area contributed by atoms with Crippen LogP contribution in [0.4, 0.5) is 4.79 Å². The number of ether oxygens (including phenoxy) is 2. The van der Waals surface area contributed by atoms with E-state index in [2.05, 4.69) is 10.6 Å². The summed E-state index contributed by atoms with van der Waals surface area (Å²) in [6.07, 6.45) is 0.615. The number of methoxy groups -OCH3 is 1. The highest BCUT2D eigenvalue weighted by Crippen LogP contribution is 2.33. The van der Waals surface area contributed by atoms with Crippen LogP contribution in [0, 0.1) is 0 Å². The molecule has 2 aliphatic rings. The SMILES string of the molecule is COc1cccc2c1OCCCN(C(=O)C[C@H]1NC(=O)NC1=O)C2. The Morgan fingerprint density at radius 1 is 1.42 bits per heavy atom. The van der Waals surface area contributed by atoms with Crippen molar-refractivity contribution in [1.82, 2.24) is 15.5 Å². The zero-order chi connectivity index (χ0) is 17.1. The summed E-state index contributed by atoms with van der Waals surface area (Å²) in [6, 6.07) is 4.17. The molecule has 4 amide bonds. The van der Waals surface area contributed by atoms with Gasteiger partial charge in [-0.15, -0.1) is 0 Å². The molecule has 2 heterocycles. The summed E-state index contributed by atoms with van der Waals surface area (Å²) in [5.74, 6) is 0.618. The highest BCUT2D eigenvalue weighted by molar-refractivity contribution is 6.05. The van der Waals surface area contributed by atoms with Crippen molar-refractivity contribution in [3.8, 4) is 11.5 Å². The number of fused-ring (bicyclic) bond motifs is 1. The van der Waals surface area contributed by atoms with Gasteiger partial charge in [0.1, 0.15) is 6.04 Å². The highest BCUT2D eigenvalue weighted by atomic mass is 16.5. The molecule has 1 atom stereocenters. The van der Waals surface area contributed by atoms with Crippen molar-refractivity contribution >= 4 is 17.8 Å². The Hall–Kier alpha value is -2.77. The van der Waals surface area contributed by atoms with Gasteiger partial charge in [0.2, 0.25) is 5.91 Å². The largest absolute Gasteiger partial charge is 0.493 e. The minimum atomic E-state index is -0.809. The normalized spacial score (nSPS) is 20.2. The summed E-state index contributed by atoms with van der Waals surface area (Å²) >= 11 is 0. The van der Waals surface area contributed by atoms with E-state index in [4.69, 9.17) is 9.47 Å². The van der Waals surface area contributed by atoms with E-state index in [1.54, 1.807) is 12.0 Å². The van der Waals surface area contributed by atoms with Gasteiger partial charge in [0.15, 0.2) is 11.5 Å². The van der Waals surface area contributed by atoms with Gasteiger partial charge in [-0.2, -0.15) is 0 Å². The molecule has 8 nitrogen and oxygen atoms in total. The Labute approximate surface area is 139 Å². The van der Waals surface area contributed by atoms with Crippen LogP contribution in [0.2, 0.25) is 0 Å². The van der Waals surface area contributed by atoms with Crippen molar-refractivity contribution in [2.75, 3.05) is 20.3 Å². The van der Waals surface area contributed by atoms with Crippen LogP contribution in [0.3, 0.4) is 0 Å². The van der Waals surface area contributed by atoms with E-state index >= 15 is 0 Å². The number of hydrogen-bond acceptors (Lipinski definition) is 5. The summed E-state index contributed by atoms with van der Waals surface area (Å²) in [4.78, 5) is 37.0. The van der Waals surface area contributed by atoms with Gasteiger partial charge < -0.3 is 19.7 Å². The number of rotatable bonds is 3. The molecule has 0 aromatic heterocycles. The molecule has 0 spiro atoms. The number of nitrogens with one attached hydrogen (secondary N) is 2. The van der Waals surface area contributed by atoms with E-state index in [-0.39, 0.29) is 12.3 Å². The smallest absolute Gasteiger partial charge is 0.322 e. The molecular weight excluding hydrogens is 314 g/mol. The average molecular weight is 333 g/mol. The van der Waals surface area contributed by atoms with Crippen LogP contribution in [0.1, 0.15) is 18.4 Å². The topological polar surface area (TPSA) is 97.0 Å². The van der Waals surface area contributed by atoms with E-state index < -0.39 is 18.0 Å². The maximum atomic E-state index is 12.6. The molecule has 2 aliphatic heterocycles. The highest BCUT2D eigenvalue weighted by Gasteiger charge is 2.33. The summed E-state index contributed by atoms with van der Waals surface area (Å²) in [7, 11) is 1.57. The molecule has 0 aliphatic carbocycles. The fraction of sp³-hybridized carbons (Fsp3) is 0.438. The van der Waals surface area contributed by atoms with Crippen molar-refractivity contribution in [2.24, 2.45) is 0 Å². The number of carbonyl (C=O) groups is 3.